The van der Waals surface area contributed by atoms with Crippen LogP contribution in [0.1, 0.15) is 5.69 Å². The second-order valence-electron chi connectivity index (χ2n) is 5.60. The predicted molar refractivity (Wildman–Crippen MR) is 92.3 cm³/mol. The number of carbonyl (C=O) groups is 4. The summed E-state index contributed by atoms with van der Waals surface area (Å²) in [6.07, 6.45) is -1.18. The summed E-state index contributed by atoms with van der Waals surface area (Å²) in [5.74, 6) is -3.18. The molecule has 0 aliphatic carbocycles. The Kier molecular flexibility index (Phi) is 7.37. The number of carbonyl (C=O) groups excluding carboxylic acids is 4. The smallest absolute Gasteiger partial charge is 0.731 e. The number of aromatic nitrogens is 1. The molecule has 2 atom stereocenters. The van der Waals surface area contributed by atoms with Crippen LogP contribution in [0.25, 0.3) is 0 Å². The molecule has 0 radical (unpaired) electrons. The fourth-order valence-electron chi connectivity index (χ4n) is 2.55. The van der Waals surface area contributed by atoms with Crippen molar-refractivity contribution in [1.29, 1.82) is 0 Å². The molecule has 15 nitrogen and oxygen atoms in total. The number of hydrogen-bond donors (Lipinski definition) is 3. The molecule has 18 heteroatoms. The second-order valence-corrected chi connectivity index (χ2v) is 7.74. The van der Waals surface area contributed by atoms with Gasteiger partial charge in [-0.15, -0.1) is 11.3 Å². The van der Waals surface area contributed by atoms with Crippen LogP contribution >= 0.6 is 11.3 Å². The second kappa shape index (κ2) is 9.23. The number of anilines is 1. The fourth-order valence-corrected chi connectivity index (χ4v) is 3.91. The van der Waals surface area contributed by atoms with Gasteiger partial charge in [0, 0.05) is 5.38 Å². The third kappa shape index (κ3) is 4.87. The summed E-state index contributed by atoms with van der Waals surface area (Å²) in [5.41, 5.74) is 5.91. The molecule has 2 fully saturated rings. The fraction of sp³-hybridized carbons (Fsp3) is 0.333. The van der Waals surface area contributed by atoms with Crippen LogP contribution in [-0.4, -0.2) is 75.9 Å². The average molecular weight is 469 g/mol. The molecule has 5 amide bonds. The van der Waals surface area contributed by atoms with E-state index in [1.54, 1.807) is 5.38 Å². The Bertz CT molecular complexity index is 996. The van der Waals surface area contributed by atoms with E-state index in [0.29, 0.717) is 21.9 Å². The number of oxime groups is 1. The zero-order valence-corrected chi connectivity index (χ0v) is 18.8. The van der Waals surface area contributed by atoms with E-state index in [-0.39, 0.29) is 40.5 Å². The molecule has 2 saturated heterocycles. The van der Waals surface area contributed by atoms with Crippen molar-refractivity contribution in [2.75, 3.05) is 12.3 Å². The van der Waals surface area contributed by atoms with Crippen molar-refractivity contribution in [3.05, 3.63) is 11.1 Å². The minimum atomic E-state index is -5.33. The Balaban J connectivity index is 0.00000320. The van der Waals surface area contributed by atoms with Gasteiger partial charge in [-0.2, -0.15) is 0 Å². The van der Waals surface area contributed by atoms with Crippen LogP contribution in [0.5, 0.6) is 0 Å². The topological polar surface area (TPSA) is 217 Å². The van der Waals surface area contributed by atoms with E-state index < -0.39 is 52.8 Å². The van der Waals surface area contributed by atoms with Gasteiger partial charge in [0.2, 0.25) is 0 Å². The molecule has 1 aromatic heterocycles. The third-order valence-corrected chi connectivity index (χ3v) is 5.33. The first-order chi connectivity index (χ1) is 13.6. The van der Waals surface area contributed by atoms with E-state index in [1.807, 2.05) is 0 Å². The normalized spacial score (nSPS) is 21.3. The number of β-lactam (4-membered cyclic amide) rings is 1. The Morgan fingerprint density at radius 2 is 2.20 bits per heavy atom. The summed E-state index contributed by atoms with van der Waals surface area (Å²) < 4.78 is 33.7. The van der Waals surface area contributed by atoms with Crippen LogP contribution in [0.3, 0.4) is 0 Å². The quantitative estimate of drug-likeness (QED) is 0.0857. The Hall–Kier alpha value is -2.31. The number of thiazole rings is 1. The van der Waals surface area contributed by atoms with E-state index in [2.05, 4.69) is 20.8 Å². The van der Waals surface area contributed by atoms with E-state index in [1.165, 1.54) is 11.3 Å². The predicted octanol–water partition coefficient (Wildman–Crippen LogP) is -6.10. The molecule has 3 rings (SSSR count). The van der Waals surface area contributed by atoms with E-state index in [9.17, 15) is 32.1 Å². The van der Waals surface area contributed by atoms with Gasteiger partial charge >= 0.3 is 35.6 Å². The minimum absolute atomic E-state index is 0. The maximum atomic E-state index is 12.0. The van der Waals surface area contributed by atoms with Crippen LogP contribution in [-0.2, 0) is 36.1 Å². The van der Waals surface area contributed by atoms with Crippen molar-refractivity contribution < 1.29 is 66.5 Å². The van der Waals surface area contributed by atoms with E-state index in [0.717, 1.165) is 0 Å². The number of nitrogen functional groups attached to an aromatic ring is 1. The average Bonchev–Trinajstić information content (AvgIpc) is 3.18. The molecule has 0 bridgehead atoms. The van der Waals surface area contributed by atoms with E-state index in [4.69, 9.17) is 10.6 Å². The summed E-state index contributed by atoms with van der Waals surface area (Å²) in [7, 11) is -5.33. The molecule has 4 N–H and O–H groups in total. The number of nitrogens with two attached hydrogens (primary N) is 1. The molecular weight excluding hydrogens is 457 g/mol. The van der Waals surface area contributed by atoms with Crippen molar-refractivity contribution in [2.24, 2.45) is 5.16 Å². The van der Waals surface area contributed by atoms with Crippen LogP contribution < -0.4 is 45.9 Å². The van der Waals surface area contributed by atoms with Gasteiger partial charge in [-0.3, -0.25) is 14.4 Å². The standard InChI is InChI=1S/C12H13N7O8S2.Na/c13-11-16-5(4-28-11)3-27-15-1-6(20)17-8-9(18-7(21)2-14-12(18)23)19(10(8)22)29(24,25)26;/h1,4,8-9H,2-3H2,(H2,13,16)(H,14,23)(H,17,20)(H,24,25,26);/q;+1/p-1/b15-1+;/t8-,9-;/m0./s1. The molecule has 0 unspecified atom stereocenters. The molecule has 0 saturated carbocycles. The monoisotopic (exact) mass is 469 g/mol. The van der Waals surface area contributed by atoms with Gasteiger partial charge in [-0.05, 0) is 0 Å². The molecule has 2 aliphatic rings. The van der Waals surface area contributed by atoms with Gasteiger partial charge in [0.25, 0.3) is 17.7 Å². The van der Waals surface area contributed by atoms with Crippen molar-refractivity contribution in [3.63, 3.8) is 0 Å². The maximum absolute atomic E-state index is 12.0. The first kappa shape index (κ1) is 24.0. The largest absolute Gasteiger partial charge is 1.00 e. The zero-order valence-electron chi connectivity index (χ0n) is 15.2. The van der Waals surface area contributed by atoms with Crippen molar-refractivity contribution in [2.45, 2.75) is 18.8 Å². The molecule has 1 aromatic rings. The van der Waals surface area contributed by atoms with Crippen molar-refractivity contribution >= 4 is 56.7 Å². The Labute approximate surface area is 194 Å². The molecule has 2 aliphatic heterocycles. The summed E-state index contributed by atoms with van der Waals surface area (Å²) >= 11 is 1.18. The summed E-state index contributed by atoms with van der Waals surface area (Å²) in [6, 6.07) is -2.66. The van der Waals surface area contributed by atoms with Crippen molar-refractivity contribution in [1.82, 2.24) is 24.8 Å². The van der Waals surface area contributed by atoms with Gasteiger partial charge in [0.05, 0.1) is 12.2 Å². The van der Waals surface area contributed by atoms with Gasteiger partial charge < -0.3 is 25.8 Å². The molecule has 156 valence electrons. The molecule has 0 aromatic carbocycles. The molecule has 0 spiro atoms. The number of rotatable bonds is 7. The van der Waals surface area contributed by atoms with Gasteiger partial charge in [-0.25, -0.2) is 27.4 Å². The van der Waals surface area contributed by atoms with Gasteiger partial charge in [-0.1, -0.05) is 5.16 Å². The number of nitrogens with zero attached hydrogens (tertiary/aromatic N) is 4. The van der Waals surface area contributed by atoms with Crippen LogP contribution in [0, 0.1) is 0 Å². The molecule has 3 heterocycles. The first-order valence-electron chi connectivity index (χ1n) is 7.64. The van der Waals surface area contributed by atoms with Crippen molar-refractivity contribution in [3.8, 4) is 0 Å². The summed E-state index contributed by atoms with van der Waals surface area (Å²) in [5, 5.41) is 9.47. The number of amides is 5. The summed E-state index contributed by atoms with van der Waals surface area (Å²) in [4.78, 5) is 56.6. The Morgan fingerprint density at radius 3 is 2.73 bits per heavy atom. The minimum Gasteiger partial charge on any atom is -0.731 e. The number of nitrogens with one attached hydrogen (secondary N) is 2. The first-order valence-corrected chi connectivity index (χ1v) is 9.88. The molecular formula is C12H12N7NaO8S2. The number of urea groups is 1. The van der Waals surface area contributed by atoms with E-state index >= 15 is 0 Å². The van der Waals surface area contributed by atoms with Crippen LogP contribution in [0.15, 0.2) is 10.5 Å². The van der Waals surface area contributed by atoms with Gasteiger partial charge in [0.15, 0.2) is 34.3 Å². The number of imide groups is 1. The summed E-state index contributed by atoms with van der Waals surface area (Å²) in [6.45, 7) is -0.541. The zero-order chi connectivity index (χ0) is 21.3. The van der Waals surface area contributed by atoms with Crippen LogP contribution in [0.2, 0.25) is 0 Å². The van der Waals surface area contributed by atoms with Crippen LogP contribution in [0.4, 0.5) is 9.93 Å². The Morgan fingerprint density at radius 1 is 1.50 bits per heavy atom. The third-order valence-electron chi connectivity index (χ3n) is 3.73. The number of hydrogen-bond acceptors (Lipinski definition) is 12. The van der Waals surface area contributed by atoms with Gasteiger partial charge in [0.1, 0.15) is 6.21 Å². The maximum Gasteiger partial charge on any atom is 1.00 e. The SMILES string of the molecule is Nc1nc(CO/N=C/C(=O)N[C@@H]2C(=O)N(S(=O)(=O)[O-])[C@@H]2N2C(=O)CNC2=O)cs1.[Na+]. The molecule has 30 heavy (non-hydrogen) atoms.